The highest BCUT2D eigenvalue weighted by molar-refractivity contribution is 5.50. The van der Waals surface area contributed by atoms with E-state index < -0.39 is 0 Å². The second-order valence-corrected chi connectivity index (χ2v) is 8.36. The number of ether oxygens (including phenoxy) is 1. The first-order valence-corrected chi connectivity index (χ1v) is 9.85. The Labute approximate surface area is 157 Å². The lowest BCUT2D eigenvalue weighted by molar-refractivity contribution is 0.137. The number of benzene rings is 2. The van der Waals surface area contributed by atoms with Crippen molar-refractivity contribution in [1.29, 1.82) is 0 Å². The van der Waals surface area contributed by atoms with Crippen LogP contribution >= 0.6 is 0 Å². The van der Waals surface area contributed by atoms with E-state index in [0.29, 0.717) is 12.1 Å². The van der Waals surface area contributed by atoms with E-state index in [4.69, 9.17) is 4.74 Å². The maximum absolute atomic E-state index is 6.30. The summed E-state index contributed by atoms with van der Waals surface area (Å²) in [5.74, 6) is 1.11. The Balaban J connectivity index is 1.51. The molecular formula is C23H30N2O. The minimum atomic E-state index is -0.0951. The van der Waals surface area contributed by atoms with Gasteiger partial charge in [0.25, 0.3) is 0 Å². The summed E-state index contributed by atoms with van der Waals surface area (Å²) in [7, 11) is 0. The van der Waals surface area contributed by atoms with Gasteiger partial charge < -0.3 is 15.4 Å². The van der Waals surface area contributed by atoms with Crippen molar-refractivity contribution in [2.24, 2.45) is 0 Å². The SMILES string of the molecule is Cc1ccc(CN[C@H]2CCCN[C@H]2c2ccccc2)c2c1CC(C)(C)O2. The first-order valence-electron chi connectivity index (χ1n) is 9.85. The third-order valence-corrected chi connectivity index (χ3v) is 5.73. The molecule has 0 aromatic heterocycles. The van der Waals surface area contributed by atoms with Gasteiger partial charge in [-0.3, -0.25) is 0 Å². The summed E-state index contributed by atoms with van der Waals surface area (Å²) >= 11 is 0. The van der Waals surface area contributed by atoms with Gasteiger partial charge in [0.15, 0.2) is 0 Å². The molecule has 2 aliphatic heterocycles. The van der Waals surface area contributed by atoms with E-state index in [0.717, 1.165) is 25.3 Å². The predicted octanol–water partition coefficient (Wildman–Crippen LogP) is 4.29. The molecule has 138 valence electrons. The number of hydrogen-bond donors (Lipinski definition) is 2. The Morgan fingerprint density at radius 3 is 2.77 bits per heavy atom. The molecular weight excluding hydrogens is 320 g/mol. The average Bonchev–Trinajstić information content (AvgIpc) is 2.98. The smallest absolute Gasteiger partial charge is 0.128 e. The first-order chi connectivity index (χ1) is 12.5. The summed E-state index contributed by atoms with van der Waals surface area (Å²) in [4.78, 5) is 0. The highest BCUT2D eigenvalue weighted by Gasteiger charge is 2.33. The molecule has 1 saturated heterocycles. The molecule has 0 bridgehead atoms. The lowest BCUT2D eigenvalue weighted by Crippen LogP contribution is -2.45. The number of fused-ring (bicyclic) bond motifs is 1. The van der Waals surface area contributed by atoms with Gasteiger partial charge in [0.2, 0.25) is 0 Å². The molecule has 2 aliphatic rings. The van der Waals surface area contributed by atoms with Crippen LogP contribution in [-0.2, 0) is 13.0 Å². The summed E-state index contributed by atoms with van der Waals surface area (Å²) in [5, 5.41) is 7.52. The van der Waals surface area contributed by atoms with E-state index in [1.54, 1.807) is 0 Å². The van der Waals surface area contributed by atoms with Crippen molar-refractivity contribution in [3.8, 4) is 5.75 Å². The molecule has 0 spiro atoms. The van der Waals surface area contributed by atoms with Crippen molar-refractivity contribution >= 4 is 0 Å². The molecule has 26 heavy (non-hydrogen) atoms. The minimum absolute atomic E-state index is 0.0951. The largest absolute Gasteiger partial charge is 0.487 e. The maximum atomic E-state index is 6.30. The fourth-order valence-electron chi connectivity index (χ4n) is 4.36. The van der Waals surface area contributed by atoms with E-state index in [2.05, 4.69) is 73.9 Å². The summed E-state index contributed by atoms with van der Waals surface area (Å²) in [5.41, 5.74) is 5.29. The third kappa shape index (κ3) is 3.51. The van der Waals surface area contributed by atoms with Crippen LogP contribution in [-0.4, -0.2) is 18.2 Å². The summed E-state index contributed by atoms with van der Waals surface area (Å²) in [6.07, 6.45) is 3.42. The fourth-order valence-corrected chi connectivity index (χ4v) is 4.36. The lowest BCUT2D eigenvalue weighted by Gasteiger charge is -2.34. The Morgan fingerprint density at radius 2 is 1.96 bits per heavy atom. The zero-order valence-electron chi connectivity index (χ0n) is 16.1. The molecule has 4 rings (SSSR count). The van der Waals surface area contributed by atoms with Gasteiger partial charge in [-0.15, -0.1) is 0 Å². The van der Waals surface area contributed by atoms with Gasteiger partial charge in [0, 0.05) is 36.2 Å². The Hall–Kier alpha value is -1.84. The molecule has 2 aromatic rings. The molecule has 3 nitrogen and oxygen atoms in total. The van der Waals surface area contributed by atoms with Crippen LogP contribution in [0.3, 0.4) is 0 Å². The van der Waals surface area contributed by atoms with E-state index >= 15 is 0 Å². The fraction of sp³-hybridized carbons (Fsp3) is 0.478. The van der Waals surface area contributed by atoms with Crippen LogP contribution in [0.15, 0.2) is 42.5 Å². The molecule has 2 N–H and O–H groups in total. The van der Waals surface area contributed by atoms with Crippen LogP contribution in [0.5, 0.6) is 5.75 Å². The standard InChI is InChI=1S/C23H30N2O/c1-16-11-12-18(22-19(16)14-23(2,3)26-22)15-25-20-10-7-13-24-21(20)17-8-5-4-6-9-17/h4-6,8-9,11-12,20-21,24-25H,7,10,13-15H2,1-3H3/t20-,21-/m0/s1. The van der Waals surface area contributed by atoms with Gasteiger partial charge >= 0.3 is 0 Å². The Kier molecular flexibility index (Phi) is 4.76. The molecule has 2 aromatic carbocycles. The van der Waals surface area contributed by atoms with E-state index in [1.807, 2.05) is 0 Å². The molecule has 2 heterocycles. The quantitative estimate of drug-likeness (QED) is 0.863. The number of nitrogens with one attached hydrogen (secondary N) is 2. The van der Waals surface area contributed by atoms with Crippen LogP contribution < -0.4 is 15.4 Å². The second kappa shape index (κ2) is 7.05. The van der Waals surface area contributed by atoms with E-state index in [9.17, 15) is 0 Å². The Morgan fingerprint density at radius 1 is 1.15 bits per heavy atom. The molecule has 0 radical (unpaired) electrons. The van der Waals surface area contributed by atoms with Crippen LogP contribution in [0.4, 0.5) is 0 Å². The summed E-state index contributed by atoms with van der Waals surface area (Å²) < 4.78 is 6.30. The van der Waals surface area contributed by atoms with Crippen LogP contribution in [0, 0.1) is 6.92 Å². The predicted molar refractivity (Wildman–Crippen MR) is 107 cm³/mol. The number of aryl methyl sites for hydroxylation is 1. The van der Waals surface area contributed by atoms with E-state index in [-0.39, 0.29) is 5.60 Å². The van der Waals surface area contributed by atoms with Gasteiger partial charge in [-0.25, -0.2) is 0 Å². The molecule has 1 fully saturated rings. The average molecular weight is 351 g/mol. The molecule has 0 aliphatic carbocycles. The zero-order chi connectivity index (χ0) is 18.1. The van der Waals surface area contributed by atoms with Crippen molar-refractivity contribution < 1.29 is 4.74 Å². The van der Waals surface area contributed by atoms with Crippen molar-refractivity contribution in [2.75, 3.05) is 6.54 Å². The highest BCUT2D eigenvalue weighted by Crippen LogP contribution is 2.39. The third-order valence-electron chi connectivity index (χ3n) is 5.73. The molecule has 0 saturated carbocycles. The van der Waals surface area contributed by atoms with Gasteiger partial charge in [-0.1, -0.05) is 42.5 Å². The van der Waals surface area contributed by atoms with Gasteiger partial charge in [-0.05, 0) is 51.3 Å². The number of piperidine rings is 1. The van der Waals surface area contributed by atoms with Crippen LogP contribution in [0.2, 0.25) is 0 Å². The molecule has 0 unspecified atom stereocenters. The molecule has 0 amide bonds. The minimum Gasteiger partial charge on any atom is -0.487 e. The second-order valence-electron chi connectivity index (χ2n) is 8.36. The highest BCUT2D eigenvalue weighted by atomic mass is 16.5. The normalized spacial score (nSPS) is 24.1. The summed E-state index contributed by atoms with van der Waals surface area (Å²) in [6.45, 7) is 8.50. The van der Waals surface area contributed by atoms with Crippen LogP contribution in [0.25, 0.3) is 0 Å². The molecule has 3 heteroatoms. The Bertz CT molecular complexity index is 769. The maximum Gasteiger partial charge on any atom is 0.128 e. The topological polar surface area (TPSA) is 33.3 Å². The van der Waals surface area contributed by atoms with Gasteiger partial charge in [0.1, 0.15) is 11.4 Å². The lowest BCUT2D eigenvalue weighted by atomic mass is 9.92. The van der Waals surface area contributed by atoms with Crippen molar-refractivity contribution in [2.45, 2.75) is 64.3 Å². The van der Waals surface area contributed by atoms with Gasteiger partial charge in [0.05, 0.1) is 0 Å². The van der Waals surface area contributed by atoms with Crippen LogP contribution in [0.1, 0.15) is 55.0 Å². The monoisotopic (exact) mass is 350 g/mol. The number of hydrogen-bond acceptors (Lipinski definition) is 3. The summed E-state index contributed by atoms with van der Waals surface area (Å²) in [6, 6.07) is 16.1. The van der Waals surface area contributed by atoms with Gasteiger partial charge in [-0.2, -0.15) is 0 Å². The molecule has 2 atom stereocenters. The zero-order valence-corrected chi connectivity index (χ0v) is 16.1. The van der Waals surface area contributed by atoms with Crippen molar-refractivity contribution in [3.63, 3.8) is 0 Å². The van der Waals surface area contributed by atoms with Crippen molar-refractivity contribution in [3.05, 3.63) is 64.7 Å². The van der Waals surface area contributed by atoms with E-state index in [1.165, 1.54) is 35.1 Å². The first kappa shape index (κ1) is 17.6. The van der Waals surface area contributed by atoms with Crippen molar-refractivity contribution in [1.82, 2.24) is 10.6 Å². The number of rotatable bonds is 4.